The molecule has 0 bridgehead atoms. The van der Waals surface area contributed by atoms with E-state index in [4.69, 9.17) is 14.5 Å². The molecule has 0 unspecified atom stereocenters. The molecule has 2 heterocycles. The molecule has 0 fully saturated rings. The highest BCUT2D eigenvalue weighted by Gasteiger charge is 2.32. The number of methoxy groups -OCH3 is 2. The van der Waals surface area contributed by atoms with Crippen LogP contribution in [0.5, 0.6) is 11.5 Å². The Morgan fingerprint density at radius 3 is 2.51 bits per heavy atom. The van der Waals surface area contributed by atoms with Crippen LogP contribution in [0.2, 0.25) is 0 Å². The topological polar surface area (TPSA) is 52.8 Å². The number of aromatic nitrogens is 1. The predicted octanol–water partition coefficient (Wildman–Crippen LogP) is 4.34. The SMILES string of the molecule is COc1ccc(/C=c2\sc3n(c2=O)[C@@H](c2ccccc2)C2=C(N=3)c3ccccc3CC2)cc1OC. The molecular formula is C29H24N2O3S. The zero-order valence-corrected chi connectivity index (χ0v) is 20.3. The van der Waals surface area contributed by atoms with Crippen molar-refractivity contribution >= 4 is 23.1 Å². The molecule has 174 valence electrons. The lowest BCUT2D eigenvalue weighted by molar-refractivity contribution is 0.355. The van der Waals surface area contributed by atoms with E-state index >= 15 is 0 Å². The first-order valence-corrected chi connectivity index (χ1v) is 12.4. The Balaban J connectivity index is 1.58. The van der Waals surface area contributed by atoms with E-state index in [1.54, 1.807) is 14.2 Å². The van der Waals surface area contributed by atoms with Gasteiger partial charge >= 0.3 is 0 Å². The molecule has 6 heteroatoms. The van der Waals surface area contributed by atoms with Crippen LogP contribution in [0.15, 0.2) is 88.2 Å². The summed E-state index contributed by atoms with van der Waals surface area (Å²) in [4.78, 5) is 19.6. The minimum Gasteiger partial charge on any atom is -0.493 e. The molecule has 1 aliphatic heterocycles. The molecule has 0 saturated heterocycles. The zero-order chi connectivity index (χ0) is 23.9. The summed E-state index contributed by atoms with van der Waals surface area (Å²) in [6.07, 6.45) is 3.74. The van der Waals surface area contributed by atoms with E-state index in [9.17, 15) is 4.79 Å². The van der Waals surface area contributed by atoms with Gasteiger partial charge in [0.25, 0.3) is 5.56 Å². The first kappa shape index (κ1) is 21.6. The third-order valence-corrected chi connectivity index (χ3v) is 7.68. The highest BCUT2D eigenvalue weighted by molar-refractivity contribution is 7.07. The van der Waals surface area contributed by atoms with Crippen LogP contribution < -0.4 is 24.4 Å². The summed E-state index contributed by atoms with van der Waals surface area (Å²) in [7, 11) is 3.22. The lowest BCUT2D eigenvalue weighted by Crippen LogP contribution is -2.38. The van der Waals surface area contributed by atoms with Gasteiger partial charge in [-0.1, -0.05) is 72.0 Å². The second-order valence-corrected chi connectivity index (χ2v) is 9.65. The summed E-state index contributed by atoms with van der Waals surface area (Å²) in [6.45, 7) is 0. The van der Waals surface area contributed by atoms with Crippen molar-refractivity contribution in [3.8, 4) is 11.5 Å². The van der Waals surface area contributed by atoms with Gasteiger partial charge in [-0.05, 0) is 53.3 Å². The normalized spacial score (nSPS) is 16.7. The molecule has 1 aliphatic carbocycles. The van der Waals surface area contributed by atoms with Crippen LogP contribution in [0, 0.1) is 0 Å². The fourth-order valence-electron chi connectivity index (χ4n) is 5.05. The number of benzene rings is 3. The third kappa shape index (κ3) is 3.61. The van der Waals surface area contributed by atoms with E-state index in [1.807, 2.05) is 47.0 Å². The molecule has 0 N–H and O–H groups in total. The van der Waals surface area contributed by atoms with Gasteiger partial charge in [0.05, 0.1) is 30.5 Å². The van der Waals surface area contributed by atoms with Gasteiger partial charge in [0.1, 0.15) is 0 Å². The average molecular weight is 481 g/mol. The van der Waals surface area contributed by atoms with Crippen molar-refractivity contribution in [3.05, 3.63) is 120 Å². The zero-order valence-electron chi connectivity index (χ0n) is 19.5. The molecule has 6 rings (SSSR count). The Hall–Kier alpha value is -3.90. The number of nitrogens with zero attached hydrogens (tertiary/aromatic N) is 2. The van der Waals surface area contributed by atoms with Crippen LogP contribution >= 0.6 is 11.3 Å². The highest BCUT2D eigenvalue weighted by Crippen LogP contribution is 2.41. The van der Waals surface area contributed by atoms with Gasteiger partial charge in [-0.15, -0.1) is 0 Å². The summed E-state index contributed by atoms with van der Waals surface area (Å²) < 4.78 is 13.3. The number of hydrogen-bond donors (Lipinski definition) is 0. The molecule has 0 amide bonds. The van der Waals surface area contributed by atoms with Crippen molar-refractivity contribution in [1.29, 1.82) is 0 Å². The van der Waals surface area contributed by atoms with Crippen molar-refractivity contribution in [2.45, 2.75) is 18.9 Å². The van der Waals surface area contributed by atoms with Gasteiger partial charge in [0.15, 0.2) is 16.3 Å². The molecular weight excluding hydrogens is 456 g/mol. The van der Waals surface area contributed by atoms with Crippen LogP contribution in [0.25, 0.3) is 11.8 Å². The van der Waals surface area contributed by atoms with Crippen LogP contribution in [0.4, 0.5) is 0 Å². The third-order valence-electron chi connectivity index (χ3n) is 6.69. The van der Waals surface area contributed by atoms with Crippen molar-refractivity contribution in [2.24, 2.45) is 4.99 Å². The van der Waals surface area contributed by atoms with Crippen molar-refractivity contribution in [3.63, 3.8) is 0 Å². The first-order valence-electron chi connectivity index (χ1n) is 11.6. The maximum absolute atomic E-state index is 13.8. The van der Waals surface area contributed by atoms with Crippen molar-refractivity contribution in [2.75, 3.05) is 14.2 Å². The van der Waals surface area contributed by atoms with Gasteiger partial charge < -0.3 is 9.47 Å². The van der Waals surface area contributed by atoms with E-state index in [0.29, 0.717) is 16.0 Å². The van der Waals surface area contributed by atoms with E-state index in [0.717, 1.165) is 34.5 Å². The molecule has 3 aromatic carbocycles. The Morgan fingerprint density at radius 2 is 1.71 bits per heavy atom. The van der Waals surface area contributed by atoms with Gasteiger partial charge in [0.2, 0.25) is 0 Å². The van der Waals surface area contributed by atoms with E-state index in [2.05, 4.69) is 36.4 Å². The smallest absolute Gasteiger partial charge is 0.271 e. The summed E-state index contributed by atoms with van der Waals surface area (Å²) >= 11 is 1.43. The Bertz CT molecular complexity index is 1650. The molecule has 2 aliphatic rings. The number of aryl methyl sites for hydroxylation is 1. The molecule has 0 spiro atoms. The van der Waals surface area contributed by atoms with Gasteiger partial charge in [0, 0.05) is 5.56 Å². The first-order chi connectivity index (χ1) is 17.2. The molecule has 0 saturated carbocycles. The van der Waals surface area contributed by atoms with Gasteiger partial charge in [-0.25, -0.2) is 4.99 Å². The van der Waals surface area contributed by atoms with Crippen LogP contribution in [-0.2, 0) is 6.42 Å². The van der Waals surface area contributed by atoms with Crippen LogP contribution in [-0.4, -0.2) is 18.8 Å². The Morgan fingerprint density at radius 1 is 0.943 bits per heavy atom. The van der Waals surface area contributed by atoms with Crippen molar-refractivity contribution < 1.29 is 9.47 Å². The molecule has 5 nitrogen and oxygen atoms in total. The van der Waals surface area contributed by atoms with E-state index < -0.39 is 0 Å². The lowest BCUT2D eigenvalue weighted by Gasteiger charge is -2.30. The second-order valence-electron chi connectivity index (χ2n) is 8.64. The number of thiazole rings is 1. The van der Waals surface area contributed by atoms with Crippen LogP contribution in [0.3, 0.4) is 0 Å². The number of allylic oxidation sites excluding steroid dienone is 1. The largest absolute Gasteiger partial charge is 0.493 e. The highest BCUT2D eigenvalue weighted by atomic mass is 32.1. The fraction of sp³-hybridized carbons (Fsp3) is 0.172. The molecule has 0 radical (unpaired) electrons. The van der Waals surface area contributed by atoms with E-state index in [-0.39, 0.29) is 11.6 Å². The second kappa shape index (κ2) is 8.71. The summed E-state index contributed by atoms with van der Waals surface area (Å²) in [5, 5.41) is 0. The minimum absolute atomic E-state index is 0.0252. The number of ether oxygens (including phenoxy) is 2. The average Bonchev–Trinajstić information content (AvgIpc) is 3.22. The maximum Gasteiger partial charge on any atom is 0.271 e. The minimum atomic E-state index is -0.164. The lowest BCUT2D eigenvalue weighted by atomic mass is 9.83. The number of fused-ring (bicyclic) bond motifs is 3. The number of rotatable bonds is 4. The summed E-state index contributed by atoms with van der Waals surface area (Å²) in [6, 6.07) is 24.3. The van der Waals surface area contributed by atoms with Gasteiger partial charge in [-0.3, -0.25) is 9.36 Å². The summed E-state index contributed by atoms with van der Waals surface area (Å²) in [5.74, 6) is 1.28. The van der Waals surface area contributed by atoms with E-state index in [1.165, 1.54) is 28.0 Å². The monoisotopic (exact) mass is 480 g/mol. The maximum atomic E-state index is 13.8. The fourth-order valence-corrected chi connectivity index (χ4v) is 6.05. The van der Waals surface area contributed by atoms with Crippen LogP contribution in [0.1, 0.15) is 34.7 Å². The summed E-state index contributed by atoms with van der Waals surface area (Å²) in [5.41, 5.74) is 6.66. The number of hydrogen-bond acceptors (Lipinski definition) is 5. The standard InChI is InChI=1S/C29H24N2O3S/c1-33-23-15-12-18(16-24(23)34-2)17-25-28(32)31-27(20-9-4-3-5-10-20)22-14-13-19-8-6-7-11-21(19)26(22)30-29(31)35-25/h3-12,15-17,27H,13-14H2,1-2H3/b25-17-/t27-/m0/s1. The predicted molar refractivity (Wildman–Crippen MR) is 139 cm³/mol. The Kier molecular flexibility index (Phi) is 5.38. The molecule has 1 aromatic heterocycles. The molecule has 1 atom stereocenters. The van der Waals surface area contributed by atoms with Gasteiger partial charge in [-0.2, -0.15) is 0 Å². The quantitative estimate of drug-likeness (QED) is 0.437. The van der Waals surface area contributed by atoms with Crippen molar-refractivity contribution in [1.82, 2.24) is 4.57 Å². The molecule has 35 heavy (non-hydrogen) atoms. The molecule has 4 aromatic rings. The Labute approximate surface area is 206 Å².